The molecule has 1 N–H and O–H groups in total. The SMILES string of the molecule is N#Cc1cnc(NC2C3C4CCC(C4)C23)c([N+](=O)[O-])c1. The molecular formula is C14H14N4O2. The Hall–Kier alpha value is -2.16. The normalized spacial score (nSPS) is 36.2. The first kappa shape index (κ1) is 11.6. The average Bonchev–Trinajstić information content (AvgIpc) is 2.84. The maximum atomic E-state index is 11.1. The number of nitriles is 1. The molecule has 0 radical (unpaired) electrons. The van der Waals surface area contributed by atoms with Crippen LogP contribution in [-0.4, -0.2) is 15.9 Å². The number of rotatable bonds is 3. The lowest BCUT2D eigenvalue weighted by atomic mass is 10.0. The summed E-state index contributed by atoms with van der Waals surface area (Å²) < 4.78 is 0. The van der Waals surface area contributed by atoms with Gasteiger partial charge in [-0.15, -0.1) is 0 Å². The van der Waals surface area contributed by atoms with Crippen molar-refractivity contribution in [3.05, 3.63) is 27.9 Å². The van der Waals surface area contributed by atoms with Crippen LogP contribution in [0.5, 0.6) is 0 Å². The second-order valence-corrected chi connectivity index (χ2v) is 6.12. The fraction of sp³-hybridized carbons (Fsp3) is 0.571. The number of hydrogen-bond acceptors (Lipinski definition) is 5. The second-order valence-electron chi connectivity index (χ2n) is 6.12. The van der Waals surface area contributed by atoms with Gasteiger partial charge >= 0.3 is 5.69 Å². The number of aromatic nitrogens is 1. The summed E-state index contributed by atoms with van der Waals surface area (Å²) in [7, 11) is 0. The Kier molecular flexibility index (Phi) is 2.28. The van der Waals surface area contributed by atoms with E-state index < -0.39 is 4.92 Å². The van der Waals surface area contributed by atoms with Crippen LogP contribution in [0.3, 0.4) is 0 Å². The highest BCUT2D eigenvalue weighted by molar-refractivity contribution is 5.59. The van der Waals surface area contributed by atoms with Crippen LogP contribution in [0, 0.1) is 45.1 Å². The third kappa shape index (κ3) is 1.52. The topological polar surface area (TPSA) is 91.8 Å². The lowest BCUT2D eigenvalue weighted by Crippen LogP contribution is -2.14. The quantitative estimate of drug-likeness (QED) is 0.672. The minimum atomic E-state index is -0.469. The Morgan fingerprint density at radius 1 is 1.40 bits per heavy atom. The fourth-order valence-electron chi connectivity index (χ4n) is 4.44. The monoisotopic (exact) mass is 270 g/mol. The van der Waals surface area contributed by atoms with Gasteiger partial charge in [0.05, 0.1) is 10.5 Å². The molecule has 6 heteroatoms. The largest absolute Gasteiger partial charge is 0.361 e. The molecule has 0 aliphatic heterocycles. The van der Waals surface area contributed by atoms with Crippen LogP contribution in [0.15, 0.2) is 12.3 Å². The zero-order chi connectivity index (χ0) is 13.9. The molecule has 3 saturated carbocycles. The van der Waals surface area contributed by atoms with Crippen LogP contribution < -0.4 is 5.32 Å². The van der Waals surface area contributed by atoms with Crippen LogP contribution in [-0.2, 0) is 0 Å². The highest BCUT2D eigenvalue weighted by Crippen LogP contribution is 2.66. The Bertz CT molecular complexity index is 623. The molecule has 20 heavy (non-hydrogen) atoms. The van der Waals surface area contributed by atoms with Gasteiger partial charge in [0.15, 0.2) is 0 Å². The first-order valence-electron chi connectivity index (χ1n) is 7.00. The number of fused-ring (bicyclic) bond motifs is 5. The first-order valence-corrected chi connectivity index (χ1v) is 7.00. The summed E-state index contributed by atoms with van der Waals surface area (Å²) in [5.41, 5.74) is 0.125. The molecular weight excluding hydrogens is 256 g/mol. The molecule has 0 aromatic carbocycles. The Labute approximate surface area is 116 Å². The highest BCUT2D eigenvalue weighted by Gasteiger charge is 2.65. The molecule has 0 amide bonds. The van der Waals surface area contributed by atoms with Crippen molar-refractivity contribution in [2.24, 2.45) is 23.7 Å². The number of nitro groups is 1. The Morgan fingerprint density at radius 3 is 2.70 bits per heavy atom. The average molecular weight is 270 g/mol. The van der Waals surface area contributed by atoms with E-state index in [1.807, 2.05) is 6.07 Å². The molecule has 102 valence electrons. The zero-order valence-corrected chi connectivity index (χ0v) is 10.8. The number of hydrogen-bond donors (Lipinski definition) is 1. The van der Waals surface area contributed by atoms with Gasteiger partial charge in [0.25, 0.3) is 0 Å². The number of nitrogens with one attached hydrogen (secondary N) is 1. The molecule has 2 bridgehead atoms. The minimum Gasteiger partial charge on any atom is -0.361 e. The third-order valence-corrected chi connectivity index (χ3v) is 5.23. The standard InChI is InChI=1S/C14H14N4O2/c15-5-7-3-10(18(19)20)14(16-6-7)17-13-11-8-1-2-9(4-8)12(11)13/h3,6,8-9,11-13H,1-2,4H2,(H,16,17). The zero-order valence-electron chi connectivity index (χ0n) is 10.8. The van der Waals surface area contributed by atoms with Gasteiger partial charge in [-0.3, -0.25) is 10.1 Å². The fourth-order valence-corrected chi connectivity index (χ4v) is 4.44. The summed E-state index contributed by atoms with van der Waals surface area (Å²) in [6.07, 6.45) is 5.36. The van der Waals surface area contributed by atoms with E-state index in [1.165, 1.54) is 31.5 Å². The van der Waals surface area contributed by atoms with Gasteiger partial charge in [-0.1, -0.05) is 0 Å². The van der Waals surface area contributed by atoms with E-state index in [0.29, 0.717) is 23.7 Å². The van der Waals surface area contributed by atoms with Gasteiger partial charge in [0, 0.05) is 18.3 Å². The Balaban J connectivity index is 1.58. The van der Waals surface area contributed by atoms with Crippen LogP contribution in [0.1, 0.15) is 24.8 Å². The van der Waals surface area contributed by atoms with Gasteiger partial charge in [-0.25, -0.2) is 4.98 Å². The van der Waals surface area contributed by atoms with Crippen LogP contribution in [0.2, 0.25) is 0 Å². The van der Waals surface area contributed by atoms with Crippen molar-refractivity contribution >= 4 is 11.5 Å². The molecule has 1 aromatic rings. The smallest absolute Gasteiger partial charge is 0.312 e. The van der Waals surface area contributed by atoms with Crippen molar-refractivity contribution in [2.45, 2.75) is 25.3 Å². The summed E-state index contributed by atoms with van der Waals surface area (Å²) in [5.74, 6) is 3.30. The van der Waals surface area contributed by atoms with Crippen molar-refractivity contribution in [1.82, 2.24) is 4.98 Å². The third-order valence-electron chi connectivity index (χ3n) is 5.23. The van der Waals surface area contributed by atoms with Crippen molar-refractivity contribution in [1.29, 1.82) is 5.26 Å². The number of anilines is 1. The Morgan fingerprint density at radius 2 is 2.10 bits per heavy atom. The van der Waals surface area contributed by atoms with Gasteiger partial charge in [0.1, 0.15) is 6.07 Å². The van der Waals surface area contributed by atoms with Crippen LogP contribution in [0.25, 0.3) is 0 Å². The summed E-state index contributed by atoms with van der Waals surface area (Å²) >= 11 is 0. The maximum absolute atomic E-state index is 11.1. The number of pyridine rings is 1. The van der Waals surface area contributed by atoms with Gasteiger partial charge < -0.3 is 5.32 Å². The van der Waals surface area contributed by atoms with Crippen LogP contribution >= 0.6 is 0 Å². The molecule has 4 unspecified atom stereocenters. The molecule has 6 nitrogen and oxygen atoms in total. The van der Waals surface area contributed by atoms with Gasteiger partial charge in [0.2, 0.25) is 5.82 Å². The lowest BCUT2D eigenvalue weighted by Gasteiger charge is -2.11. The van der Waals surface area contributed by atoms with Crippen molar-refractivity contribution in [3.8, 4) is 6.07 Å². The van der Waals surface area contributed by atoms with Crippen LogP contribution in [0.4, 0.5) is 11.5 Å². The predicted molar refractivity (Wildman–Crippen MR) is 70.8 cm³/mol. The molecule has 1 aromatic heterocycles. The van der Waals surface area contributed by atoms with Crippen molar-refractivity contribution in [2.75, 3.05) is 5.32 Å². The van der Waals surface area contributed by atoms with Gasteiger partial charge in [-0.05, 0) is 42.9 Å². The van der Waals surface area contributed by atoms with E-state index in [4.69, 9.17) is 5.26 Å². The van der Waals surface area contributed by atoms with Crippen molar-refractivity contribution < 1.29 is 4.92 Å². The number of nitrogens with zero attached hydrogens (tertiary/aromatic N) is 3. The van der Waals surface area contributed by atoms with E-state index in [-0.39, 0.29) is 11.3 Å². The lowest BCUT2D eigenvalue weighted by molar-refractivity contribution is -0.384. The summed E-state index contributed by atoms with van der Waals surface area (Å²) in [6, 6.07) is 3.53. The molecule has 3 aliphatic rings. The summed E-state index contributed by atoms with van der Waals surface area (Å²) in [6.45, 7) is 0. The molecule has 4 atom stereocenters. The molecule has 3 aliphatic carbocycles. The van der Waals surface area contributed by atoms with Gasteiger partial charge in [-0.2, -0.15) is 5.26 Å². The van der Waals surface area contributed by atoms with E-state index >= 15 is 0 Å². The minimum absolute atomic E-state index is 0.0960. The van der Waals surface area contributed by atoms with E-state index in [0.717, 1.165) is 11.8 Å². The second kappa shape index (κ2) is 3.92. The molecule has 3 fully saturated rings. The maximum Gasteiger partial charge on any atom is 0.312 e. The summed E-state index contributed by atoms with van der Waals surface area (Å²) in [4.78, 5) is 14.7. The molecule has 0 saturated heterocycles. The first-order chi connectivity index (χ1) is 9.69. The van der Waals surface area contributed by atoms with E-state index in [1.54, 1.807) is 0 Å². The van der Waals surface area contributed by atoms with E-state index in [9.17, 15) is 10.1 Å². The molecule has 1 heterocycles. The predicted octanol–water partition coefficient (Wildman–Crippen LogP) is 2.32. The molecule has 4 rings (SSSR count). The summed E-state index contributed by atoms with van der Waals surface area (Å²) in [5, 5.41) is 23.2. The van der Waals surface area contributed by atoms with E-state index in [2.05, 4.69) is 10.3 Å². The van der Waals surface area contributed by atoms with Crippen molar-refractivity contribution in [3.63, 3.8) is 0 Å². The highest BCUT2D eigenvalue weighted by atomic mass is 16.6. The molecule has 0 spiro atoms.